The van der Waals surface area contributed by atoms with Gasteiger partial charge >= 0.3 is 6.09 Å². The number of ether oxygens (including phenoxy) is 1. The van der Waals surface area contributed by atoms with Gasteiger partial charge < -0.3 is 9.84 Å². The molecule has 4 nitrogen and oxygen atoms in total. The molecule has 1 aliphatic rings. The fraction of sp³-hybridized carbons (Fsp3) is 0.381. The highest BCUT2D eigenvalue weighted by Crippen LogP contribution is 2.40. The summed E-state index contributed by atoms with van der Waals surface area (Å²) in [6.45, 7) is 3.92. The van der Waals surface area contributed by atoms with E-state index in [1.807, 2.05) is 67.6 Å². The Morgan fingerprint density at radius 3 is 2.00 bits per heavy atom. The molecule has 2 aromatic rings. The first-order valence-corrected chi connectivity index (χ1v) is 8.73. The molecule has 0 saturated carbocycles. The van der Waals surface area contributed by atoms with E-state index in [2.05, 4.69) is 0 Å². The van der Waals surface area contributed by atoms with Gasteiger partial charge in [-0.2, -0.15) is 0 Å². The van der Waals surface area contributed by atoms with Gasteiger partial charge in [-0.05, 0) is 44.2 Å². The van der Waals surface area contributed by atoms with Crippen LogP contribution in [-0.4, -0.2) is 34.0 Å². The van der Waals surface area contributed by atoms with Crippen molar-refractivity contribution in [2.45, 2.75) is 44.4 Å². The van der Waals surface area contributed by atoms with Gasteiger partial charge in [0, 0.05) is 6.54 Å². The minimum atomic E-state index is -1.34. The molecule has 4 heteroatoms. The summed E-state index contributed by atoms with van der Waals surface area (Å²) in [6.07, 6.45) is 1.54. The van der Waals surface area contributed by atoms with Crippen molar-refractivity contribution in [3.63, 3.8) is 0 Å². The number of aryl methyl sites for hydroxylation is 1. The average Bonchev–Trinajstić information content (AvgIpc) is 2.78. The molecule has 132 valence electrons. The first-order chi connectivity index (χ1) is 11.9. The standard InChI is InChI=1S/C21H25NO3/c1-20(15-13-17-9-5-3-6-10-17)21(2,24)22(19(23)25-20)16-14-18-11-7-4-8-12-18/h3-12,24H,13-16H2,1-2H3. The van der Waals surface area contributed by atoms with Crippen LogP contribution >= 0.6 is 0 Å². The van der Waals surface area contributed by atoms with Crippen molar-refractivity contribution in [1.82, 2.24) is 4.90 Å². The molecule has 0 aromatic heterocycles. The van der Waals surface area contributed by atoms with Crippen LogP contribution in [0.4, 0.5) is 4.79 Å². The number of benzene rings is 2. The second-order valence-electron chi connectivity index (χ2n) is 6.99. The Morgan fingerprint density at radius 2 is 1.44 bits per heavy atom. The van der Waals surface area contributed by atoms with Gasteiger partial charge in [-0.3, -0.25) is 4.90 Å². The molecule has 2 aromatic carbocycles. The lowest BCUT2D eigenvalue weighted by Crippen LogP contribution is -2.55. The minimum absolute atomic E-state index is 0.427. The highest BCUT2D eigenvalue weighted by atomic mass is 16.6. The summed E-state index contributed by atoms with van der Waals surface area (Å²) in [4.78, 5) is 13.8. The Bertz CT molecular complexity index is 714. The molecule has 2 unspecified atom stereocenters. The summed E-state index contributed by atoms with van der Waals surface area (Å²) in [6, 6.07) is 20.0. The van der Waals surface area contributed by atoms with Gasteiger partial charge in [0.15, 0.2) is 11.3 Å². The van der Waals surface area contributed by atoms with Crippen molar-refractivity contribution >= 4 is 6.09 Å². The Kier molecular flexibility index (Phi) is 4.82. The van der Waals surface area contributed by atoms with Crippen LogP contribution in [0.1, 0.15) is 31.4 Å². The molecular formula is C21H25NO3. The van der Waals surface area contributed by atoms with E-state index < -0.39 is 17.4 Å². The van der Waals surface area contributed by atoms with Gasteiger partial charge in [0.25, 0.3) is 0 Å². The number of hydrogen-bond acceptors (Lipinski definition) is 3. The van der Waals surface area contributed by atoms with Gasteiger partial charge in [0.1, 0.15) is 0 Å². The predicted molar refractivity (Wildman–Crippen MR) is 97.1 cm³/mol. The van der Waals surface area contributed by atoms with Gasteiger partial charge in [-0.15, -0.1) is 0 Å². The van der Waals surface area contributed by atoms with Crippen LogP contribution in [-0.2, 0) is 17.6 Å². The first kappa shape index (κ1) is 17.5. The van der Waals surface area contributed by atoms with Crippen LogP contribution in [0.3, 0.4) is 0 Å². The van der Waals surface area contributed by atoms with Crippen LogP contribution in [0.15, 0.2) is 60.7 Å². The maximum Gasteiger partial charge on any atom is 0.412 e. The van der Waals surface area contributed by atoms with E-state index in [9.17, 15) is 9.90 Å². The van der Waals surface area contributed by atoms with Crippen LogP contribution < -0.4 is 0 Å². The van der Waals surface area contributed by atoms with Crippen molar-refractivity contribution in [2.75, 3.05) is 6.54 Å². The monoisotopic (exact) mass is 339 g/mol. The first-order valence-electron chi connectivity index (χ1n) is 8.73. The molecule has 0 aliphatic carbocycles. The molecule has 1 amide bonds. The Hall–Kier alpha value is -2.33. The molecule has 2 atom stereocenters. The fourth-order valence-corrected chi connectivity index (χ4v) is 3.32. The number of carbonyl (C=O) groups excluding carboxylic acids is 1. The molecule has 1 heterocycles. The third kappa shape index (κ3) is 3.54. The Morgan fingerprint density at radius 1 is 0.920 bits per heavy atom. The highest BCUT2D eigenvalue weighted by molar-refractivity contribution is 5.72. The van der Waals surface area contributed by atoms with Gasteiger partial charge in [-0.1, -0.05) is 60.7 Å². The van der Waals surface area contributed by atoms with E-state index in [1.165, 1.54) is 10.5 Å². The Labute approximate surface area is 149 Å². The van der Waals surface area contributed by atoms with Gasteiger partial charge in [0.2, 0.25) is 0 Å². The summed E-state index contributed by atoms with van der Waals surface area (Å²) >= 11 is 0. The normalized spacial score (nSPS) is 25.9. The molecule has 1 aliphatic heterocycles. The summed E-state index contributed by atoms with van der Waals surface area (Å²) in [5.74, 6) is 0. The number of carbonyl (C=O) groups is 1. The van der Waals surface area contributed by atoms with Crippen molar-refractivity contribution in [1.29, 1.82) is 0 Å². The zero-order chi connectivity index (χ0) is 17.9. The average molecular weight is 339 g/mol. The van der Waals surface area contributed by atoms with Crippen molar-refractivity contribution in [3.05, 3.63) is 71.8 Å². The van der Waals surface area contributed by atoms with Crippen LogP contribution in [0.25, 0.3) is 0 Å². The summed E-state index contributed by atoms with van der Waals surface area (Å²) in [7, 11) is 0. The van der Waals surface area contributed by atoms with E-state index in [0.717, 1.165) is 12.0 Å². The minimum Gasteiger partial charge on any atom is -0.438 e. The lowest BCUT2D eigenvalue weighted by molar-refractivity contribution is -0.138. The van der Waals surface area contributed by atoms with Crippen molar-refractivity contribution < 1.29 is 14.6 Å². The van der Waals surface area contributed by atoms with Gasteiger partial charge in [0.05, 0.1) is 0 Å². The van der Waals surface area contributed by atoms with Crippen LogP contribution in [0.5, 0.6) is 0 Å². The lowest BCUT2D eigenvalue weighted by Gasteiger charge is -2.37. The largest absolute Gasteiger partial charge is 0.438 e. The summed E-state index contributed by atoms with van der Waals surface area (Å²) < 4.78 is 5.62. The van der Waals surface area contributed by atoms with Gasteiger partial charge in [-0.25, -0.2) is 4.79 Å². The second kappa shape index (κ2) is 6.89. The maximum absolute atomic E-state index is 12.4. The third-order valence-corrected chi connectivity index (χ3v) is 5.26. The lowest BCUT2D eigenvalue weighted by atomic mass is 9.87. The molecular weight excluding hydrogens is 314 g/mol. The molecule has 1 saturated heterocycles. The van der Waals surface area contributed by atoms with Crippen LogP contribution in [0.2, 0.25) is 0 Å². The smallest absolute Gasteiger partial charge is 0.412 e. The van der Waals surface area contributed by atoms with E-state index >= 15 is 0 Å². The van der Waals surface area contributed by atoms with E-state index in [-0.39, 0.29) is 0 Å². The van der Waals surface area contributed by atoms with E-state index in [1.54, 1.807) is 6.92 Å². The zero-order valence-electron chi connectivity index (χ0n) is 14.8. The number of amides is 1. The SMILES string of the molecule is CC1(CCc2ccccc2)OC(=O)N(CCc2ccccc2)C1(C)O. The number of hydrogen-bond donors (Lipinski definition) is 1. The third-order valence-electron chi connectivity index (χ3n) is 5.26. The molecule has 0 spiro atoms. The maximum atomic E-state index is 12.4. The molecule has 1 fully saturated rings. The highest BCUT2D eigenvalue weighted by Gasteiger charge is 2.58. The molecule has 25 heavy (non-hydrogen) atoms. The van der Waals surface area contributed by atoms with E-state index in [0.29, 0.717) is 19.4 Å². The number of aliphatic hydroxyl groups is 1. The second-order valence-corrected chi connectivity index (χ2v) is 6.99. The molecule has 0 radical (unpaired) electrons. The summed E-state index contributed by atoms with van der Waals surface area (Å²) in [5.41, 5.74) is 0.0202. The Balaban J connectivity index is 1.68. The topological polar surface area (TPSA) is 49.8 Å². The zero-order valence-corrected chi connectivity index (χ0v) is 14.8. The van der Waals surface area contributed by atoms with Crippen molar-refractivity contribution in [3.8, 4) is 0 Å². The molecule has 0 bridgehead atoms. The van der Waals surface area contributed by atoms with Crippen molar-refractivity contribution in [2.24, 2.45) is 0 Å². The molecule has 3 rings (SSSR count). The predicted octanol–water partition coefficient (Wildman–Crippen LogP) is 3.78. The number of cyclic esters (lactones) is 1. The molecule has 1 N–H and O–H groups in total. The quantitative estimate of drug-likeness (QED) is 0.871. The van der Waals surface area contributed by atoms with Crippen LogP contribution in [0, 0.1) is 0 Å². The number of rotatable bonds is 6. The summed E-state index contributed by atoms with van der Waals surface area (Å²) in [5, 5.41) is 11.1. The number of nitrogens with zero attached hydrogens (tertiary/aromatic N) is 1. The fourth-order valence-electron chi connectivity index (χ4n) is 3.32. The van der Waals surface area contributed by atoms with E-state index in [4.69, 9.17) is 4.74 Å².